The number of nitrogens with zero attached hydrogens (tertiary/aromatic N) is 5. The van der Waals surface area contributed by atoms with Gasteiger partial charge in [-0.25, -0.2) is 19.9 Å². The molecule has 0 amide bonds. The highest BCUT2D eigenvalue weighted by Crippen LogP contribution is 2.44. The molecule has 258 valence electrons. The Bertz CT molecular complexity index is 3330. The lowest BCUT2D eigenvalue weighted by Crippen LogP contribution is -2.01. The Morgan fingerprint density at radius 1 is 0.357 bits per heavy atom. The molecular weight excluding hydrogens is 683 g/mol. The Balaban J connectivity index is 1.22. The second-order valence-electron chi connectivity index (χ2n) is 14.1. The van der Waals surface area contributed by atoms with Crippen molar-refractivity contribution in [2.75, 3.05) is 0 Å². The van der Waals surface area contributed by atoms with Crippen molar-refractivity contribution < 1.29 is 0 Å². The molecule has 2 heterocycles. The predicted octanol–water partition coefficient (Wildman–Crippen LogP) is 12.7. The minimum atomic E-state index is 0.598. The van der Waals surface area contributed by atoms with Gasteiger partial charge in [-0.2, -0.15) is 5.26 Å². The zero-order valence-electron chi connectivity index (χ0n) is 30.0. The Labute approximate surface area is 321 Å². The van der Waals surface area contributed by atoms with Gasteiger partial charge in [0.1, 0.15) is 0 Å². The van der Waals surface area contributed by atoms with Gasteiger partial charge in [-0.15, -0.1) is 0 Å². The maximum Gasteiger partial charge on any atom is 0.164 e. The second kappa shape index (κ2) is 12.7. The van der Waals surface area contributed by atoms with Crippen molar-refractivity contribution in [1.29, 1.82) is 5.26 Å². The lowest BCUT2D eigenvalue weighted by molar-refractivity contribution is 1.08. The summed E-state index contributed by atoms with van der Waals surface area (Å²) in [5, 5.41) is 21.8. The number of benzene rings is 9. The van der Waals surface area contributed by atoms with E-state index in [9.17, 15) is 5.26 Å². The number of rotatable bonds is 4. The maximum atomic E-state index is 9.57. The van der Waals surface area contributed by atoms with E-state index in [0.29, 0.717) is 23.0 Å². The van der Waals surface area contributed by atoms with Crippen molar-refractivity contribution in [3.8, 4) is 51.5 Å². The van der Waals surface area contributed by atoms with Crippen molar-refractivity contribution in [2.45, 2.75) is 0 Å². The van der Waals surface area contributed by atoms with E-state index in [4.69, 9.17) is 19.9 Å². The third-order valence-corrected chi connectivity index (χ3v) is 10.9. The first-order valence-corrected chi connectivity index (χ1v) is 18.6. The summed E-state index contributed by atoms with van der Waals surface area (Å²) in [6.45, 7) is 0. The molecule has 5 heteroatoms. The molecule has 0 unspecified atom stereocenters. The molecule has 9 aromatic carbocycles. The molecule has 0 atom stereocenters. The minimum absolute atomic E-state index is 0.598. The number of pyridine rings is 1. The van der Waals surface area contributed by atoms with Gasteiger partial charge in [0.2, 0.25) is 0 Å². The average molecular weight is 712 g/mol. The number of aromatic nitrogens is 4. The van der Waals surface area contributed by atoms with Crippen LogP contribution in [0.4, 0.5) is 0 Å². The summed E-state index contributed by atoms with van der Waals surface area (Å²) in [4.78, 5) is 21.0. The number of hydrogen-bond acceptors (Lipinski definition) is 5. The molecule has 0 saturated carbocycles. The van der Waals surface area contributed by atoms with Crippen LogP contribution >= 0.6 is 0 Å². The fourth-order valence-corrected chi connectivity index (χ4v) is 8.31. The summed E-state index contributed by atoms with van der Waals surface area (Å²) in [5.74, 6) is 1.84. The second-order valence-corrected chi connectivity index (χ2v) is 14.1. The smallest absolute Gasteiger partial charge is 0.164 e. The molecule has 0 fully saturated rings. The predicted molar refractivity (Wildman–Crippen MR) is 229 cm³/mol. The monoisotopic (exact) mass is 711 g/mol. The summed E-state index contributed by atoms with van der Waals surface area (Å²) < 4.78 is 0. The molecule has 0 radical (unpaired) electrons. The molecule has 11 aromatic rings. The number of para-hydroxylation sites is 1. The molecule has 5 nitrogen and oxygen atoms in total. The van der Waals surface area contributed by atoms with Gasteiger partial charge in [0, 0.05) is 38.4 Å². The van der Waals surface area contributed by atoms with Crippen LogP contribution in [0.3, 0.4) is 0 Å². The highest BCUT2D eigenvalue weighted by Gasteiger charge is 2.20. The highest BCUT2D eigenvalue weighted by molar-refractivity contribution is 6.33. The van der Waals surface area contributed by atoms with Gasteiger partial charge in [0.05, 0.1) is 22.8 Å². The van der Waals surface area contributed by atoms with Crippen LogP contribution in [0.15, 0.2) is 176 Å². The van der Waals surface area contributed by atoms with E-state index in [2.05, 4.69) is 152 Å². The SMILES string of the molecule is N#Cc1ccc(-c2nc3ccccc3c3c4ccccc4c4cc(-c5nc(-c6cccc7ccccc67)nc(-c6cccc7ccccc67)n5)ccc4c23)cc1. The summed E-state index contributed by atoms with van der Waals surface area (Å²) in [6.07, 6.45) is 0. The quantitative estimate of drug-likeness (QED) is 0.170. The van der Waals surface area contributed by atoms with Crippen molar-refractivity contribution in [2.24, 2.45) is 0 Å². The van der Waals surface area contributed by atoms with Gasteiger partial charge in [-0.3, -0.25) is 0 Å². The first kappa shape index (κ1) is 31.7. The highest BCUT2D eigenvalue weighted by atomic mass is 15.0. The molecule has 0 aliphatic carbocycles. The van der Waals surface area contributed by atoms with Crippen LogP contribution in [0.1, 0.15) is 5.56 Å². The van der Waals surface area contributed by atoms with Gasteiger partial charge < -0.3 is 0 Å². The van der Waals surface area contributed by atoms with Crippen molar-refractivity contribution in [3.05, 3.63) is 181 Å². The fraction of sp³-hybridized carbons (Fsp3) is 0. The third kappa shape index (κ3) is 5.01. The molecule has 0 N–H and O–H groups in total. The van der Waals surface area contributed by atoms with Crippen molar-refractivity contribution in [3.63, 3.8) is 0 Å². The van der Waals surface area contributed by atoms with Gasteiger partial charge in [0.25, 0.3) is 0 Å². The van der Waals surface area contributed by atoms with E-state index in [1.807, 2.05) is 30.3 Å². The maximum absolute atomic E-state index is 9.57. The summed E-state index contributed by atoms with van der Waals surface area (Å²) in [6, 6.07) is 62.8. The van der Waals surface area contributed by atoms with E-state index in [-0.39, 0.29) is 0 Å². The van der Waals surface area contributed by atoms with Crippen LogP contribution in [0, 0.1) is 11.3 Å². The number of hydrogen-bond donors (Lipinski definition) is 0. The third-order valence-electron chi connectivity index (χ3n) is 10.9. The van der Waals surface area contributed by atoms with Crippen LogP contribution in [0.2, 0.25) is 0 Å². The van der Waals surface area contributed by atoms with Crippen molar-refractivity contribution >= 4 is 64.8 Å². The molecule has 2 aromatic heterocycles. The molecule has 11 rings (SSSR count). The lowest BCUT2D eigenvalue weighted by atomic mass is 9.89. The molecule has 56 heavy (non-hydrogen) atoms. The molecule has 0 saturated heterocycles. The molecular formula is C51H29N5. The van der Waals surface area contributed by atoms with Crippen molar-refractivity contribution in [1.82, 2.24) is 19.9 Å². The summed E-state index contributed by atoms with van der Waals surface area (Å²) >= 11 is 0. The van der Waals surface area contributed by atoms with Crippen LogP contribution < -0.4 is 0 Å². The van der Waals surface area contributed by atoms with E-state index < -0.39 is 0 Å². The molecule has 0 aliphatic rings. The van der Waals surface area contributed by atoms with Gasteiger partial charge in [0.15, 0.2) is 17.5 Å². The molecule has 0 bridgehead atoms. The minimum Gasteiger partial charge on any atom is -0.247 e. The Kier molecular flexibility index (Phi) is 7.16. The van der Waals surface area contributed by atoms with Crippen LogP contribution in [-0.2, 0) is 0 Å². The van der Waals surface area contributed by atoms with E-state index in [0.717, 1.165) is 92.7 Å². The standard InChI is InChI=1S/C51H29N5/c52-30-31-23-25-34(26-24-31)48-47-40-28-27-35(29-44(40)38-17-5-6-18-39(38)46(47)43-19-7-8-22-45(43)53-48)49-54-50(41-20-9-13-32-11-1-3-15-36(32)41)56-51(55-49)42-21-10-14-33-12-2-4-16-37(33)42/h1-29H. The van der Waals surface area contributed by atoms with Crippen LogP contribution in [0.25, 0.3) is 110 Å². The topological polar surface area (TPSA) is 75.3 Å². The number of fused-ring (bicyclic) bond motifs is 10. The van der Waals surface area contributed by atoms with Crippen LogP contribution in [-0.4, -0.2) is 19.9 Å². The Morgan fingerprint density at radius 2 is 0.875 bits per heavy atom. The zero-order valence-corrected chi connectivity index (χ0v) is 30.0. The molecule has 0 spiro atoms. The lowest BCUT2D eigenvalue weighted by Gasteiger charge is -2.17. The first-order valence-electron chi connectivity index (χ1n) is 18.6. The Morgan fingerprint density at radius 3 is 1.54 bits per heavy atom. The summed E-state index contributed by atoms with van der Waals surface area (Å²) in [5.41, 5.74) is 6.17. The first-order chi connectivity index (χ1) is 27.7. The van der Waals surface area contributed by atoms with Gasteiger partial charge in [-0.1, -0.05) is 152 Å². The normalized spacial score (nSPS) is 11.6. The van der Waals surface area contributed by atoms with E-state index in [1.165, 1.54) is 0 Å². The Hall–Kier alpha value is -7.81. The zero-order chi connectivity index (χ0) is 37.2. The van der Waals surface area contributed by atoms with E-state index >= 15 is 0 Å². The van der Waals surface area contributed by atoms with E-state index in [1.54, 1.807) is 0 Å². The van der Waals surface area contributed by atoms with Gasteiger partial charge >= 0.3 is 0 Å². The fourth-order valence-electron chi connectivity index (χ4n) is 8.31. The number of nitriles is 1. The summed E-state index contributed by atoms with van der Waals surface area (Å²) in [7, 11) is 0. The largest absolute Gasteiger partial charge is 0.247 e. The average Bonchev–Trinajstić information content (AvgIpc) is 3.28. The van der Waals surface area contributed by atoms with Gasteiger partial charge in [-0.05, 0) is 67.4 Å². The van der Waals surface area contributed by atoms with Crippen LogP contribution in [0.5, 0.6) is 0 Å². The molecule has 0 aliphatic heterocycles.